The largest absolute Gasteiger partial charge is 0.505 e. The average molecular weight is 408 g/mol. The summed E-state index contributed by atoms with van der Waals surface area (Å²) in [6.07, 6.45) is -3.62. The highest BCUT2D eigenvalue weighted by molar-refractivity contribution is 5.63. The SMILES string of the molecule is CC(C)Nc1nc(Nc2ccnc(C(F)(F)F)c2)nc(-c2cccc(O)c2F)n1. The molecule has 2 heterocycles. The van der Waals surface area contributed by atoms with Crippen molar-refractivity contribution in [2.24, 2.45) is 0 Å². The van der Waals surface area contributed by atoms with E-state index in [1.165, 1.54) is 24.3 Å². The minimum absolute atomic E-state index is 0.0383. The molecule has 7 nitrogen and oxygen atoms in total. The Morgan fingerprint density at radius 1 is 1.03 bits per heavy atom. The van der Waals surface area contributed by atoms with Crippen LogP contribution in [0, 0.1) is 5.82 Å². The fourth-order valence-electron chi connectivity index (χ4n) is 2.36. The predicted octanol–water partition coefficient (Wildman–Crippen LogP) is 4.36. The third-order valence-corrected chi connectivity index (χ3v) is 3.58. The number of anilines is 3. The van der Waals surface area contributed by atoms with Crippen molar-refractivity contribution >= 4 is 17.6 Å². The highest BCUT2D eigenvalue weighted by Gasteiger charge is 2.32. The zero-order chi connectivity index (χ0) is 21.2. The normalized spacial score (nSPS) is 11.6. The highest BCUT2D eigenvalue weighted by atomic mass is 19.4. The molecule has 0 atom stereocenters. The van der Waals surface area contributed by atoms with E-state index in [1.54, 1.807) is 0 Å². The maximum atomic E-state index is 14.3. The van der Waals surface area contributed by atoms with Crippen LogP contribution < -0.4 is 10.6 Å². The van der Waals surface area contributed by atoms with Gasteiger partial charge in [0.2, 0.25) is 11.9 Å². The zero-order valence-corrected chi connectivity index (χ0v) is 15.3. The Morgan fingerprint density at radius 3 is 2.45 bits per heavy atom. The first-order valence-electron chi connectivity index (χ1n) is 8.44. The van der Waals surface area contributed by atoms with Crippen molar-refractivity contribution in [3.63, 3.8) is 0 Å². The van der Waals surface area contributed by atoms with Gasteiger partial charge in [-0.1, -0.05) is 6.07 Å². The lowest BCUT2D eigenvalue weighted by Gasteiger charge is -2.13. The molecule has 3 rings (SSSR count). The Labute approximate surface area is 162 Å². The summed E-state index contributed by atoms with van der Waals surface area (Å²) in [5.74, 6) is -1.65. The predicted molar refractivity (Wildman–Crippen MR) is 98.2 cm³/mol. The van der Waals surface area contributed by atoms with Crippen molar-refractivity contribution in [2.45, 2.75) is 26.1 Å². The van der Waals surface area contributed by atoms with Gasteiger partial charge in [0.15, 0.2) is 17.4 Å². The number of hydrogen-bond donors (Lipinski definition) is 3. The number of halogens is 4. The van der Waals surface area contributed by atoms with Crippen LogP contribution in [0.1, 0.15) is 19.5 Å². The number of rotatable bonds is 5. The van der Waals surface area contributed by atoms with Gasteiger partial charge in [-0.2, -0.15) is 28.1 Å². The molecule has 1 aromatic carbocycles. The third kappa shape index (κ3) is 4.86. The van der Waals surface area contributed by atoms with Gasteiger partial charge in [-0.25, -0.2) is 4.39 Å². The van der Waals surface area contributed by atoms with Crippen molar-refractivity contribution in [1.29, 1.82) is 0 Å². The van der Waals surface area contributed by atoms with Gasteiger partial charge in [0.25, 0.3) is 0 Å². The number of benzene rings is 1. The quantitative estimate of drug-likeness (QED) is 0.540. The van der Waals surface area contributed by atoms with Crippen molar-refractivity contribution in [3.8, 4) is 17.1 Å². The van der Waals surface area contributed by atoms with Crippen LogP contribution in [0.15, 0.2) is 36.5 Å². The highest BCUT2D eigenvalue weighted by Crippen LogP contribution is 2.30. The lowest BCUT2D eigenvalue weighted by Crippen LogP contribution is -2.15. The van der Waals surface area contributed by atoms with E-state index in [2.05, 4.69) is 30.6 Å². The molecule has 0 amide bonds. The summed E-state index contributed by atoms with van der Waals surface area (Å²) in [4.78, 5) is 15.6. The molecule has 152 valence electrons. The average Bonchev–Trinajstić information content (AvgIpc) is 2.63. The number of nitrogens with zero attached hydrogens (tertiary/aromatic N) is 4. The van der Waals surface area contributed by atoms with Gasteiger partial charge in [-0.15, -0.1) is 0 Å². The smallest absolute Gasteiger partial charge is 0.433 e. The summed E-state index contributed by atoms with van der Waals surface area (Å²) in [5.41, 5.74) is -1.14. The molecule has 3 N–H and O–H groups in total. The summed E-state index contributed by atoms with van der Waals surface area (Å²) in [7, 11) is 0. The van der Waals surface area contributed by atoms with Gasteiger partial charge >= 0.3 is 6.18 Å². The van der Waals surface area contributed by atoms with E-state index in [0.717, 1.165) is 12.3 Å². The van der Waals surface area contributed by atoms with E-state index >= 15 is 0 Å². The minimum atomic E-state index is -4.61. The summed E-state index contributed by atoms with van der Waals surface area (Å²) >= 11 is 0. The second-order valence-corrected chi connectivity index (χ2v) is 6.30. The number of aromatic nitrogens is 4. The van der Waals surface area contributed by atoms with Crippen LogP contribution in [0.25, 0.3) is 11.4 Å². The van der Waals surface area contributed by atoms with Crippen LogP contribution in [0.3, 0.4) is 0 Å². The zero-order valence-electron chi connectivity index (χ0n) is 15.3. The first-order valence-corrected chi connectivity index (χ1v) is 8.44. The lowest BCUT2D eigenvalue weighted by molar-refractivity contribution is -0.141. The van der Waals surface area contributed by atoms with Crippen LogP contribution in [0.2, 0.25) is 0 Å². The molecule has 2 aromatic heterocycles. The van der Waals surface area contributed by atoms with Gasteiger partial charge in [-0.05, 0) is 38.1 Å². The van der Waals surface area contributed by atoms with E-state index in [9.17, 15) is 22.7 Å². The summed E-state index contributed by atoms with van der Waals surface area (Å²) in [6.45, 7) is 3.65. The number of phenolic OH excluding ortho intramolecular Hbond substituents is 1. The van der Waals surface area contributed by atoms with Gasteiger partial charge in [0, 0.05) is 17.9 Å². The standard InChI is InChI=1S/C18H16F4N6O/c1-9(2)24-16-26-15(11-4-3-5-12(29)14(11)19)27-17(28-16)25-10-6-7-23-13(8-10)18(20,21)22/h3-9,29H,1-2H3,(H2,23,24,25,26,27,28). The van der Waals surface area contributed by atoms with Crippen LogP contribution >= 0.6 is 0 Å². The fourth-order valence-corrected chi connectivity index (χ4v) is 2.36. The van der Waals surface area contributed by atoms with Gasteiger partial charge < -0.3 is 15.7 Å². The Morgan fingerprint density at radius 2 is 1.76 bits per heavy atom. The van der Waals surface area contributed by atoms with E-state index in [1.807, 2.05) is 13.8 Å². The second kappa shape index (κ2) is 7.86. The number of alkyl halides is 3. The number of nitrogens with one attached hydrogen (secondary N) is 2. The summed E-state index contributed by atoms with van der Waals surface area (Å²) < 4.78 is 52.9. The number of pyridine rings is 1. The third-order valence-electron chi connectivity index (χ3n) is 3.58. The number of hydrogen-bond acceptors (Lipinski definition) is 7. The molecule has 0 spiro atoms. The van der Waals surface area contributed by atoms with E-state index < -0.39 is 23.4 Å². The molecule has 0 saturated carbocycles. The Balaban J connectivity index is 2.03. The van der Waals surface area contributed by atoms with E-state index in [4.69, 9.17) is 0 Å². The maximum absolute atomic E-state index is 14.3. The van der Waals surface area contributed by atoms with Gasteiger partial charge in [0.05, 0.1) is 5.56 Å². The molecule has 0 unspecified atom stereocenters. The molecule has 0 radical (unpaired) electrons. The topological polar surface area (TPSA) is 95.9 Å². The Bertz CT molecular complexity index is 1030. The second-order valence-electron chi connectivity index (χ2n) is 6.30. The first kappa shape index (κ1) is 20.2. The van der Waals surface area contributed by atoms with Crippen molar-refractivity contribution in [1.82, 2.24) is 19.9 Å². The van der Waals surface area contributed by atoms with Crippen molar-refractivity contribution in [2.75, 3.05) is 10.6 Å². The van der Waals surface area contributed by atoms with E-state index in [-0.39, 0.29) is 35.0 Å². The number of phenols is 1. The molecule has 0 fully saturated rings. The minimum Gasteiger partial charge on any atom is -0.505 e. The molecule has 11 heteroatoms. The summed E-state index contributed by atoms with van der Waals surface area (Å²) in [5, 5.41) is 15.2. The molecular formula is C18H16F4N6O. The van der Waals surface area contributed by atoms with Crippen LogP contribution in [-0.2, 0) is 6.18 Å². The molecule has 0 bridgehead atoms. The van der Waals surface area contributed by atoms with Crippen LogP contribution in [0.4, 0.5) is 35.1 Å². The Hall–Kier alpha value is -3.50. The van der Waals surface area contributed by atoms with Gasteiger partial charge in [-0.3, -0.25) is 4.98 Å². The van der Waals surface area contributed by atoms with Gasteiger partial charge in [0.1, 0.15) is 5.69 Å². The molecule has 3 aromatic rings. The van der Waals surface area contributed by atoms with Crippen LogP contribution in [0.5, 0.6) is 5.75 Å². The molecule has 29 heavy (non-hydrogen) atoms. The lowest BCUT2D eigenvalue weighted by atomic mass is 10.2. The monoisotopic (exact) mass is 408 g/mol. The van der Waals surface area contributed by atoms with Crippen LogP contribution in [-0.4, -0.2) is 31.1 Å². The van der Waals surface area contributed by atoms with E-state index in [0.29, 0.717) is 0 Å². The fraction of sp³-hybridized carbons (Fsp3) is 0.222. The summed E-state index contributed by atoms with van der Waals surface area (Å²) in [6, 6.07) is 5.98. The molecule has 0 aliphatic rings. The molecule has 0 aliphatic heterocycles. The first-order chi connectivity index (χ1) is 13.6. The van der Waals surface area contributed by atoms with Crippen molar-refractivity contribution in [3.05, 3.63) is 48.0 Å². The number of aromatic hydroxyl groups is 1. The van der Waals surface area contributed by atoms with Crippen molar-refractivity contribution < 1.29 is 22.7 Å². The molecule has 0 aliphatic carbocycles. The maximum Gasteiger partial charge on any atom is 0.433 e. The molecule has 0 saturated heterocycles. The molecular weight excluding hydrogens is 392 g/mol. The Kier molecular flexibility index (Phi) is 5.48.